The number of rotatable bonds is 2. The number of benzene rings is 1. The predicted octanol–water partition coefficient (Wildman–Crippen LogP) is 5.10. The molecular weight excluding hydrogens is 313 g/mol. The normalized spacial score (nSPS) is 12.1. The number of halogens is 5. The third kappa shape index (κ3) is 4.52. The fourth-order valence-electron chi connectivity index (χ4n) is 0.949. The van der Waals surface area contributed by atoms with E-state index in [1.807, 2.05) is 0 Å². The van der Waals surface area contributed by atoms with E-state index in [4.69, 9.17) is 58.0 Å². The number of allylic oxidation sites excluding steroid dienone is 2. The third-order valence-electron chi connectivity index (χ3n) is 1.62. The van der Waals surface area contributed by atoms with Gasteiger partial charge in [0.1, 0.15) is 0 Å². The Hall–Kier alpha value is 0.0800. The first-order valence-corrected chi connectivity index (χ1v) is 5.94. The molecular formula is C10H5Cl5O. The van der Waals surface area contributed by atoms with Crippen molar-refractivity contribution >= 4 is 63.8 Å². The van der Waals surface area contributed by atoms with Crippen LogP contribution in [0, 0.1) is 0 Å². The number of carbonyl (C=O) groups is 1. The van der Waals surface area contributed by atoms with Crippen molar-refractivity contribution in [2.75, 3.05) is 0 Å². The topological polar surface area (TPSA) is 17.1 Å². The van der Waals surface area contributed by atoms with Gasteiger partial charge in [0.2, 0.25) is 3.79 Å². The fourth-order valence-corrected chi connectivity index (χ4v) is 1.64. The van der Waals surface area contributed by atoms with Gasteiger partial charge in [-0.3, -0.25) is 4.79 Å². The second kappa shape index (κ2) is 5.61. The summed E-state index contributed by atoms with van der Waals surface area (Å²) in [5.41, 5.74) is 0.302. The van der Waals surface area contributed by atoms with Gasteiger partial charge in [0.15, 0.2) is 5.78 Å². The van der Waals surface area contributed by atoms with Gasteiger partial charge < -0.3 is 0 Å². The Balaban J connectivity index is 2.94. The molecule has 16 heavy (non-hydrogen) atoms. The van der Waals surface area contributed by atoms with E-state index in [9.17, 15) is 4.79 Å². The lowest BCUT2D eigenvalue weighted by molar-refractivity contribution is 0.104. The lowest BCUT2D eigenvalue weighted by Crippen LogP contribution is -2.00. The predicted molar refractivity (Wildman–Crippen MR) is 70.2 cm³/mol. The summed E-state index contributed by atoms with van der Waals surface area (Å²) in [7, 11) is 0. The van der Waals surface area contributed by atoms with E-state index in [1.54, 1.807) is 6.07 Å². The smallest absolute Gasteiger partial charge is 0.209 e. The first kappa shape index (κ1) is 14.1. The molecule has 1 rings (SSSR count). The average Bonchev–Trinajstić information content (AvgIpc) is 2.13. The minimum atomic E-state index is -1.60. The Labute approximate surface area is 118 Å². The minimum Gasteiger partial charge on any atom is -0.289 e. The molecule has 0 aliphatic rings. The molecule has 0 aliphatic carbocycles. The van der Waals surface area contributed by atoms with Crippen molar-refractivity contribution in [3.63, 3.8) is 0 Å². The summed E-state index contributed by atoms with van der Waals surface area (Å²) < 4.78 is -1.60. The van der Waals surface area contributed by atoms with Crippen LogP contribution in [0.3, 0.4) is 0 Å². The summed E-state index contributed by atoms with van der Waals surface area (Å²) in [6, 6.07) is 4.54. The van der Waals surface area contributed by atoms with E-state index < -0.39 is 3.79 Å². The summed E-state index contributed by atoms with van der Waals surface area (Å²) in [4.78, 5) is 11.6. The molecule has 0 saturated heterocycles. The van der Waals surface area contributed by atoms with Gasteiger partial charge in [-0.2, -0.15) is 0 Å². The van der Waals surface area contributed by atoms with Crippen LogP contribution < -0.4 is 0 Å². The van der Waals surface area contributed by atoms with Gasteiger partial charge in [0, 0.05) is 10.6 Å². The van der Waals surface area contributed by atoms with E-state index in [2.05, 4.69) is 0 Å². The van der Waals surface area contributed by atoms with E-state index >= 15 is 0 Å². The summed E-state index contributed by atoms with van der Waals surface area (Å²) in [6.07, 6.45) is 2.31. The van der Waals surface area contributed by atoms with Crippen molar-refractivity contribution in [3.8, 4) is 0 Å². The van der Waals surface area contributed by atoms with Crippen LogP contribution in [0.25, 0.3) is 0 Å². The minimum absolute atomic E-state index is 0.256. The molecule has 0 radical (unpaired) electrons. The number of carbonyl (C=O) groups excluding carboxylic acids is 1. The van der Waals surface area contributed by atoms with Crippen molar-refractivity contribution in [3.05, 3.63) is 46.0 Å². The molecule has 0 aliphatic heterocycles. The summed E-state index contributed by atoms with van der Waals surface area (Å²) in [5.74, 6) is -0.354. The molecule has 1 aromatic rings. The van der Waals surface area contributed by atoms with Crippen LogP contribution in [0.1, 0.15) is 10.4 Å². The van der Waals surface area contributed by atoms with Gasteiger partial charge in [-0.15, -0.1) is 0 Å². The van der Waals surface area contributed by atoms with Gasteiger partial charge in [-0.25, -0.2) is 0 Å². The van der Waals surface area contributed by atoms with Crippen LogP contribution in [0.5, 0.6) is 0 Å². The summed E-state index contributed by atoms with van der Waals surface area (Å²) in [5, 5.41) is 0.707. The van der Waals surface area contributed by atoms with Crippen LogP contribution >= 0.6 is 58.0 Å². The van der Waals surface area contributed by atoms with Crippen molar-refractivity contribution in [2.45, 2.75) is 3.79 Å². The van der Waals surface area contributed by atoms with Crippen molar-refractivity contribution in [1.29, 1.82) is 0 Å². The molecule has 86 valence electrons. The van der Waals surface area contributed by atoms with Gasteiger partial charge in [-0.1, -0.05) is 58.0 Å². The number of hydrogen-bond donors (Lipinski definition) is 0. The second-order valence-corrected chi connectivity index (χ2v) is 6.08. The van der Waals surface area contributed by atoms with Gasteiger partial charge in [-0.05, 0) is 30.4 Å². The summed E-state index contributed by atoms with van der Waals surface area (Å²) in [6.45, 7) is 0. The Kier molecular flexibility index (Phi) is 4.96. The lowest BCUT2D eigenvalue weighted by Gasteiger charge is -2.03. The Morgan fingerprint density at radius 1 is 1.19 bits per heavy atom. The molecule has 0 unspecified atom stereocenters. The molecule has 0 N–H and O–H groups in total. The second-order valence-electron chi connectivity index (χ2n) is 2.86. The first-order chi connectivity index (χ1) is 7.29. The van der Waals surface area contributed by atoms with E-state index in [1.165, 1.54) is 12.1 Å². The van der Waals surface area contributed by atoms with Crippen LogP contribution in [-0.2, 0) is 0 Å². The maximum atomic E-state index is 11.6. The third-order valence-corrected chi connectivity index (χ3v) is 2.55. The van der Waals surface area contributed by atoms with Crippen LogP contribution in [0.15, 0.2) is 30.4 Å². The van der Waals surface area contributed by atoms with Gasteiger partial charge in [0.25, 0.3) is 0 Å². The van der Waals surface area contributed by atoms with E-state index in [-0.39, 0.29) is 10.8 Å². The molecule has 0 spiro atoms. The highest BCUT2D eigenvalue weighted by molar-refractivity contribution is 6.69. The highest BCUT2D eigenvalue weighted by Crippen LogP contribution is 2.28. The van der Waals surface area contributed by atoms with Gasteiger partial charge >= 0.3 is 0 Å². The summed E-state index contributed by atoms with van der Waals surface area (Å²) >= 11 is 27.9. The average molecular weight is 318 g/mol. The SMILES string of the molecule is O=C(/C=C/C(Cl)(Cl)Cl)c1ccc(Cl)cc1Cl. The molecule has 0 amide bonds. The zero-order valence-electron chi connectivity index (χ0n) is 7.68. The molecule has 1 nitrogen and oxygen atoms in total. The molecule has 0 saturated carbocycles. The zero-order valence-corrected chi connectivity index (χ0v) is 11.5. The van der Waals surface area contributed by atoms with Crippen LogP contribution in [-0.4, -0.2) is 9.58 Å². The van der Waals surface area contributed by atoms with Crippen molar-refractivity contribution in [1.82, 2.24) is 0 Å². The van der Waals surface area contributed by atoms with Crippen molar-refractivity contribution < 1.29 is 4.79 Å². The van der Waals surface area contributed by atoms with Crippen LogP contribution in [0.2, 0.25) is 10.0 Å². The highest BCUT2D eigenvalue weighted by atomic mass is 35.6. The maximum absolute atomic E-state index is 11.6. The fraction of sp³-hybridized carbons (Fsp3) is 0.100. The van der Waals surface area contributed by atoms with E-state index in [0.29, 0.717) is 10.6 Å². The standard InChI is InChI=1S/C10H5Cl5O/c11-6-1-2-7(8(12)5-6)9(16)3-4-10(13,14)15/h1-5H/b4-3+. The molecule has 0 aromatic heterocycles. The Bertz CT molecular complexity index is 433. The number of hydrogen-bond acceptors (Lipinski definition) is 1. The molecule has 0 fully saturated rings. The zero-order chi connectivity index (χ0) is 12.3. The lowest BCUT2D eigenvalue weighted by atomic mass is 10.1. The molecule has 0 atom stereocenters. The molecule has 0 bridgehead atoms. The highest BCUT2D eigenvalue weighted by Gasteiger charge is 2.16. The molecule has 1 aromatic carbocycles. The first-order valence-electron chi connectivity index (χ1n) is 4.05. The molecule has 6 heteroatoms. The largest absolute Gasteiger partial charge is 0.289 e. The maximum Gasteiger partial charge on any atom is 0.209 e. The monoisotopic (exact) mass is 316 g/mol. The Morgan fingerprint density at radius 2 is 1.81 bits per heavy atom. The van der Waals surface area contributed by atoms with Gasteiger partial charge in [0.05, 0.1) is 5.02 Å². The quantitative estimate of drug-likeness (QED) is 0.421. The van der Waals surface area contributed by atoms with Crippen LogP contribution in [0.4, 0.5) is 0 Å². The van der Waals surface area contributed by atoms with Crippen molar-refractivity contribution in [2.24, 2.45) is 0 Å². The Morgan fingerprint density at radius 3 is 2.31 bits per heavy atom. The number of alkyl halides is 3. The van der Waals surface area contributed by atoms with E-state index in [0.717, 1.165) is 12.2 Å². The molecule has 0 heterocycles. The number of ketones is 1.